The Balaban J connectivity index is 1.64. The van der Waals surface area contributed by atoms with Crippen LogP contribution in [0.4, 0.5) is 27.6 Å². The quantitative estimate of drug-likeness (QED) is 0.142. The van der Waals surface area contributed by atoms with Crippen molar-refractivity contribution in [3.8, 4) is 11.5 Å². The number of carboxylic acid groups (broad SMARTS) is 1. The van der Waals surface area contributed by atoms with Gasteiger partial charge in [0.25, 0.3) is 5.91 Å². The molecule has 0 saturated heterocycles. The summed E-state index contributed by atoms with van der Waals surface area (Å²) in [5.41, 5.74) is -0.733. The van der Waals surface area contributed by atoms with E-state index in [0.29, 0.717) is 5.56 Å². The average molecular weight is 581 g/mol. The zero-order valence-corrected chi connectivity index (χ0v) is 21.5. The molecule has 3 aromatic rings. The van der Waals surface area contributed by atoms with Crippen LogP contribution in [0.5, 0.6) is 11.5 Å². The van der Waals surface area contributed by atoms with Gasteiger partial charge in [-0.1, -0.05) is 23.7 Å². The summed E-state index contributed by atoms with van der Waals surface area (Å²) in [6, 6.07) is 8.84. The molecule has 0 bridgehead atoms. The average Bonchev–Trinajstić information content (AvgIpc) is 3.19. The fraction of sp³-hybridized carbons (Fsp3) is 0.148. The van der Waals surface area contributed by atoms with Gasteiger partial charge in [0.05, 0.1) is 28.5 Å². The lowest BCUT2D eigenvalue weighted by Gasteiger charge is -2.16. The number of hydrogen-bond donors (Lipinski definition) is 1. The molecule has 40 heavy (non-hydrogen) atoms. The molecule has 0 saturated carbocycles. The largest absolute Gasteiger partial charge is 0.490 e. The van der Waals surface area contributed by atoms with E-state index >= 15 is 0 Å². The molecule has 1 aliphatic heterocycles. The highest BCUT2D eigenvalue weighted by atomic mass is 35.5. The van der Waals surface area contributed by atoms with E-state index in [9.17, 15) is 31.5 Å². The summed E-state index contributed by atoms with van der Waals surface area (Å²) in [7, 11) is 0. The molecule has 4 rings (SSSR count). The first kappa shape index (κ1) is 28.6. The fourth-order valence-corrected chi connectivity index (χ4v) is 4.03. The van der Waals surface area contributed by atoms with Gasteiger partial charge in [0.1, 0.15) is 12.3 Å². The Hall–Kier alpha value is -4.45. The minimum absolute atomic E-state index is 0.0151. The maximum Gasteiger partial charge on any atom is 0.335 e. The van der Waals surface area contributed by atoms with Gasteiger partial charge in [0.2, 0.25) is 5.82 Å². The van der Waals surface area contributed by atoms with Crippen LogP contribution in [-0.4, -0.2) is 29.3 Å². The molecule has 0 spiro atoms. The van der Waals surface area contributed by atoms with E-state index in [4.69, 9.17) is 26.2 Å². The number of benzene rings is 3. The second kappa shape index (κ2) is 11.3. The molecule has 208 valence electrons. The Labute approximate surface area is 228 Å². The zero-order valence-electron chi connectivity index (χ0n) is 20.7. The second-order valence-electron chi connectivity index (χ2n) is 8.33. The zero-order chi connectivity index (χ0) is 29.3. The number of hydrazone groups is 1. The molecular formula is C27H18ClF5N2O5. The molecule has 1 heterocycles. The molecule has 0 fully saturated rings. The number of rotatable bonds is 8. The van der Waals surface area contributed by atoms with Crippen molar-refractivity contribution in [1.82, 2.24) is 0 Å². The van der Waals surface area contributed by atoms with Gasteiger partial charge in [-0.25, -0.2) is 26.7 Å². The van der Waals surface area contributed by atoms with Crippen molar-refractivity contribution in [2.75, 3.05) is 11.6 Å². The van der Waals surface area contributed by atoms with Crippen LogP contribution >= 0.6 is 11.6 Å². The summed E-state index contributed by atoms with van der Waals surface area (Å²) < 4.78 is 80.9. The lowest BCUT2D eigenvalue weighted by Crippen LogP contribution is -2.25. The molecule has 0 radical (unpaired) electrons. The molecule has 1 aliphatic rings. The lowest BCUT2D eigenvalue weighted by molar-refractivity contribution is -0.114. The topological polar surface area (TPSA) is 88.4 Å². The van der Waals surface area contributed by atoms with E-state index in [2.05, 4.69) is 5.10 Å². The van der Waals surface area contributed by atoms with Crippen molar-refractivity contribution in [2.24, 2.45) is 5.10 Å². The Morgan fingerprint density at radius 1 is 1.00 bits per heavy atom. The number of carbonyl (C=O) groups is 2. The highest BCUT2D eigenvalue weighted by Gasteiger charge is 2.37. The van der Waals surface area contributed by atoms with Gasteiger partial charge in [0, 0.05) is 0 Å². The number of hydrogen-bond acceptors (Lipinski definition) is 5. The van der Waals surface area contributed by atoms with Gasteiger partial charge in [-0.05, 0) is 55.3 Å². The van der Waals surface area contributed by atoms with Crippen molar-refractivity contribution in [1.29, 1.82) is 0 Å². The smallest absolute Gasteiger partial charge is 0.335 e. The Kier molecular flexibility index (Phi) is 8.10. The van der Waals surface area contributed by atoms with Gasteiger partial charge >= 0.3 is 5.97 Å². The van der Waals surface area contributed by atoms with Crippen LogP contribution in [0, 0.1) is 29.1 Å². The first-order valence-corrected chi connectivity index (χ1v) is 11.9. The van der Waals surface area contributed by atoms with E-state index in [1.807, 2.05) is 0 Å². The molecule has 0 atom stereocenters. The summed E-state index contributed by atoms with van der Waals surface area (Å²) in [5, 5.41) is 12.9. The molecule has 3 aromatic carbocycles. The van der Waals surface area contributed by atoms with E-state index in [1.165, 1.54) is 37.3 Å². The molecular weight excluding hydrogens is 563 g/mol. The Morgan fingerprint density at radius 3 is 2.17 bits per heavy atom. The minimum atomic E-state index is -2.36. The van der Waals surface area contributed by atoms with Crippen molar-refractivity contribution in [2.45, 2.75) is 20.5 Å². The Morgan fingerprint density at radius 2 is 1.60 bits per heavy atom. The monoisotopic (exact) mass is 580 g/mol. The summed E-state index contributed by atoms with van der Waals surface area (Å²) in [5.74, 6) is -13.1. The van der Waals surface area contributed by atoms with E-state index < -0.39 is 46.6 Å². The molecule has 1 amide bonds. The van der Waals surface area contributed by atoms with Crippen molar-refractivity contribution in [3.63, 3.8) is 0 Å². The third-order valence-electron chi connectivity index (χ3n) is 5.69. The highest BCUT2D eigenvalue weighted by Crippen LogP contribution is 2.39. The van der Waals surface area contributed by atoms with Gasteiger partial charge in [0.15, 0.2) is 34.8 Å². The molecule has 0 aliphatic carbocycles. The summed E-state index contributed by atoms with van der Waals surface area (Å²) in [4.78, 5) is 24.0. The fourth-order valence-electron chi connectivity index (χ4n) is 3.76. The molecule has 0 unspecified atom stereocenters. The number of anilines is 1. The lowest BCUT2D eigenvalue weighted by atomic mass is 10.1. The van der Waals surface area contributed by atoms with Crippen molar-refractivity contribution >= 4 is 41.0 Å². The molecule has 0 aromatic heterocycles. The van der Waals surface area contributed by atoms with Crippen LogP contribution < -0.4 is 14.5 Å². The second-order valence-corrected chi connectivity index (χ2v) is 8.74. The van der Waals surface area contributed by atoms with Crippen LogP contribution in [0.25, 0.3) is 6.08 Å². The third kappa shape index (κ3) is 5.34. The number of carboxylic acids is 1. The number of nitrogens with zero attached hydrogens (tertiary/aromatic N) is 2. The van der Waals surface area contributed by atoms with Crippen LogP contribution in [0.3, 0.4) is 0 Å². The van der Waals surface area contributed by atoms with Gasteiger partial charge in [-0.15, -0.1) is 0 Å². The van der Waals surface area contributed by atoms with Crippen LogP contribution in [-0.2, 0) is 11.4 Å². The normalized spacial score (nSPS) is 14.1. The number of halogens is 6. The first-order chi connectivity index (χ1) is 18.9. The maximum absolute atomic E-state index is 14.3. The van der Waals surface area contributed by atoms with E-state index in [1.54, 1.807) is 19.1 Å². The van der Waals surface area contributed by atoms with Gasteiger partial charge < -0.3 is 14.6 Å². The SMILES string of the molecule is CCOc1cc(/C=C2/C(=O)N(c3c(F)c(F)c(F)c(F)c3F)N=C2C)cc(Cl)c1OCc1ccc(C(=O)O)cc1. The maximum atomic E-state index is 14.3. The Bertz CT molecular complexity index is 1560. The number of aromatic carboxylic acids is 1. The molecule has 7 nitrogen and oxygen atoms in total. The van der Waals surface area contributed by atoms with Crippen molar-refractivity contribution < 1.29 is 46.1 Å². The van der Waals surface area contributed by atoms with E-state index in [-0.39, 0.29) is 57.2 Å². The standard InChI is InChI=1S/C27H18ClF5N2O5/c1-3-39-18-10-14(9-17(28)25(18)40-11-13-4-6-15(7-5-13)27(37)38)8-16-12(2)34-35(26(16)36)24-22(32)20(30)19(29)21(31)23(24)33/h4-10H,3,11H2,1-2H3,(H,37,38)/b16-8+. The number of ether oxygens (including phenoxy) is 2. The third-order valence-corrected chi connectivity index (χ3v) is 5.97. The van der Waals surface area contributed by atoms with Gasteiger partial charge in [-0.3, -0.25) is 4.79 Å². The molecule has 1 N–H and O–H groups in total. The summed E-state index contributed by atoms with van der Waals surface area (Å²) >= 11 is 6.42. The summed E-state index contributed by atoms with van der Waals surface area (Å²) in [6.45, 7) is 3.23. The first-order valence-electron chi connectivity index (χ1n) is 11.5. The predicted molar refractivity (Wildman–Crippen MR) is 135 cm³/mol. The highest BCUT2D eigenvalue weighted by molar-refractivity contribution is 6.33. The van der Waals surface area contributed by atoms with Gasteiger partial charge in [-0.2, -0.15) is 10.1 Å². The van der Waals surface area contributed by atoms with E-state index in [0.717, 1.165) is 0 Å². The summed E-state index contributed by atoms with van der Waals surface area (Å²) in [6.07, 6.45) is 1.26. The number of carbonyl (C=O) groups excluding carboxylic acids is 1. The predicted octanol–water partition coefficient (Wildman–Crippen LogP) is 6.52. The molecule has 13 heteroatoms. The minimum Gasteiger partial charge on any atom is -0.490 e. The van der Waals surface area contributed by atoms with Crippen LogP contribution in [0.1, 0.15) is 35.3 Å². The van der Waals surface area contributed by atoms with Crippen molar-refractivity contribution in [3.05, 3.63) is 92.8 Å². The van der Waals surface area contributed by atoms with Crippen LogP contribution in [0.15, 0.2) is 47.1 Å². The number of amides is 1. The van der Waals surface area contributed by atoms with Crippen LogP contribution in [0.2, 0.25) is 5.02 Å².